The summed E-state index contributed by atoms with van der Waals surface area (Å²) in [5, 5.41) is 14.1. The van der Waals surface area contributed by atoms with Crippen LogP contribution in [0.15, 0.2) is 48.0 Å². The number of nitrogens with one attached hydrogen (secondary N) is 1. The summed E-state index contributed by atoms with van der Waals surface area (Å²) in [4.78, 5) is 27.0. The van der Waals surface area contributed by atoms with Crippen molar-refractivity contribution in [3.05, 3.63) is 75.0 Å². The van der Waals surface area contributed by atoms with Gasteiger partial charge in [-0.05, 0) is 42.8 Å². The number of nitrogens with zero attached hydrogens (tertiary/aromatic N) is 2. The van der Waals surface area contributed by atoms with Gasteiger partial charge >= 0.3 is 0 Å². The van der Waals surface area contributed by atoms with Gasteiger partial charge in [-0.15, -0.1) is 11.3 Å². The molecule has 126 valence electrons. The first kappa shape index (κ1) is 16.7. The Balaban J connectivity index is 1.86. The number of aryl methyl sites for hydroxylation is 1. The Kier molecular flexibility index (Phi) is 4.53. The standard InChI is InChI=1S/C17H12FN3O3S/c1-10-8-13(21(23)24)6-7-14(10)16(22)20-17-15(19-9-25-17)11-2-4-12(18)5-3-11/h2-9H,1H3,(H,20,22). The summed E-state index contributed by atoms with van der Waals surface area (Å²) in [6.07, 6.45) is 0. The van der Waals surface area contributed by atoms with Gasteiger partial charge in [-0.3, -0.25) is 14.9 Å². The number of nitro groups is 1. The number of hydrogen-bond donors (Lipinski definition) is 1. The molecule has 0 radical (unpaired) electrons. The fraction of sp³-hybridized carbons (Fsp3) is 0.0588. The van der Waals surface area contributed by atoms with Gasteiger partial charge in [0.1, 0.15) is 16.5 Å². The SMILES string of the molecule is Cc1cc([N+](=O)[O-])ccc1C(=O)Nc1scnc1-c1ccc(F)cc1. The number of amides is 1. The fourth-order valence-electron chi connectivity index (χ4n) is 2.33. The number of aromatic nitrogens is 1. The molecule has 1 heterocycles. The van der Waals surface area contributed by atoms with E-state index in [1.165, 1.54) is 41.7 Å². The highest BCUT2D eigenvalue weighted by Gasteiger charge is 2.17. The zero-order valence-corrected chi connectivity index (χ0v) is 13.8. The highest BCUT2D eigenvalue weighted by molar-refractivity contribution is 7.14. The van der Waals surface area contributed by atoms with Crippen molar-refractivity contribution in [1.29, 1.82) is 0 Å². The van der Waals surface area contributed by atoms with E-state index in [0.29, 0.717) is 27.4 Å². The molecule has 0 atom stereocenters. The average molecular weight is 357 g/mol. The van der Waals surface area contributed by atoms with E-state index >= 15 is 0 Å². The zero-order chi connectivity index (χ0) is 18.0. The smallest absolute Gasteiger partial charge is 0.269 e. The molecule has 0 spiro atoms. The monoisotopic (exact) mass is 357 g/mol. The molecule has 1 aromatic heterocycles. The molecule has 2 aromatic carbocycles. The van der Waals surface area contributed by atoms with Crippen molar-refractivity contribution < 1.29 is 14.1 Å². The lowest BCUT2D eigenvalue weighted by Crippen LogP contribution is -2.13. The molecule has 6 nitrogen and oxygen atoms in total. The van der Waals surface area contributed by atoms with E-state index < -0.39 is 4.92 Å². The van der Waals surface area contributed by atoms with E-state index in [1.807, 2.05) is 0 Å². The lowest BCUT2D eigenvalue weighted by molar-refractivity contribution is -0.384. The van der Waals surface area contributed by atoms with E-state index in [-0.39, 0.29) is 17.4 Å². The Bertz CT molecular complexity index is 954. The molecular weight excluding hydrogens is 345 g/mol. The molecule has 0 aliphatic rings. The number of hydrogen-bond acceptors (Lipinski definition) is 5. The van der Waals surface area contributed by atoms with Crippen LogP contribution in [0.25, 0.3) is 11.3 Å². The Hall–Kier alpha value is -3.13. The van der Waals surface area contributed by atoms with Crippen molar-refractivity contribution in [2.45, 2.75) is 6.92 Å². The molecule has 1 N–H and O–H groups in total. The minimum Gasteiger partial charge on any atom is -0.312 e. The first-order chi connectivity index (χ1) is 12.0. The van der Waals surface area contributed by atoms with E-state index in [1.54, 1.807) is 24.6 Å². The third-order valence-corrected chi connectivity index (χ3v) is 4.32. The zero-order valence-electron chi connectivity index (χ0n) is 13.0. The summed E-state index contributed by atoms with van der Waals surface area (Å²) >= 11 is 1.24. The van der Waals surface area contributed by atoms with Crippen LogP contribution in [0.3, 0.4) is 0 Å². The Labute approximate surface area is 146 Å². The van der Waals surface area contributed by atoms with E-state index in [2.05, 4.69) is 10.3 Å². The van der Waals surface area contributed by atoms with Crippen LogP contribution in [0, 0.1) is 22.9 Å². The lowest BCUT2D eigenvalue weighted by Gasteiger charge is -2.08. The molecule has 0 aliphatic heterocycles. The van der Waals surface area contributed by atoms with Crippen molar-refractivity contribution in [1.82, 2.24) is 4.98 Å². The van der Waals surface area contributed by atoms with Crippen molar-refractivity contribution >= 4 is 27.9 Å². The van der Waals surface area contributed by atoms with Gasteiger partial charge in [-0.2, -0.15) is 0 Å². The number of anilines is 1. The first-order valence-corrected chi connectivity index (χ1v) is 8.09. The second-order valence-corrected chi connectivity index (χ2v) is 6.10. The summed E-state index contributed by atoms with van der Waals surface area (Å²) in [6, 6.07) is 9.86. The van der Waals surface area contributed by atoms with Gasteiger partial charge in [0.05, 0.1) is 10.4 Å². The quantitative estimate of drug-likeness (QED) is 0.553. The van der Waals surface area contributed by atoms with Crippen LogP contribution in [0.4, 0.5) is 15.1 Å². The maximum absolute atomic E-state index is 13.1. The molecule has 1 amide bonds. The number of rotatable bonds is 4. The van der Waals surface area contributed by atoms with Crippen molar-refractivity contribution in [3.63, 3.8) is 0 Å². The molecular formula is C17H12FN3O3S. The Morgan fingerprint density at radius 1 is 1.24 bits per heavy atom. The van der Waals surface area contributed by atoms with Gasteiger partial charge in [-0.25, -0.2) is 9.37 Å². The van der Waals surface area contributed by atoms with Gasteiger partial charge in [0.2, 0.25) is 0 Å². The molecule has 0 aliphatic carbocycles. The van der Waals surface area contributed by atoms with Crippen LogP contribution < -0.4 is 5.32 Å². The van der Waals surface area contributed by atoms with E-state index in [9.17, 15) is 19.3 Å². The molecule has 0 bridgehead atoms. The van der Waals surface area contributed by atoms with Gasteiger partial charge in [0.25, 0.3) is 11.6 Å². The summed E-state index contributed by atoms with van der Waals surface area (Å²) < 4.78 is 13.1. The van der Waals surface area contributed by atoms with Gasteiger partial charge in [-0.1, -0.05) is 0 Å². The average Bonchev–Trinajstić information content (AvgIpc) is 3.03. The number of carbonyl (C=O) groups excluding carboxylic acids is 1. The second kappa shape index (κ2) is 6.78. The van der Waals surface area contributed by atoms with Gasteiger partial charge < -0.3 is 5.32 Å². The third-order valence-electron chi connectivity index (χ3n) is 3.58. The maximum atomic E-state index is 13.1. The molecule has 3 rings (SSSR count). The van der Waals surface area contributed by atoms with Crippen LogP contribution in [-0.2, 0) is 0 Å². The Morgan fingerprint density at radius 3 is 2.60 bits per heavy atom. The largest absolute Gasteiger partial charge is 0.312 e. The van der Waals surface area contributed by atoms with Crippen molar-refractivity contribution in [3.8, 4) is 11.3 Å². The van der Waals surface area contributed by atoms with Crippen LogP contribution in [-0.4, -0.2) is 15.8 Å². The number of nitro benzene ring substituents is 1. The van der Waals surface area contributed by atoms with Crippen LogP contribution in [0.1, 0.15) is 15.9 Å². The minimum absolute atomic E-state index is 0.0705. The Morgan fingerprint density at radius 2 is 1.96 bits per heavy atom. The summed E-state index contributed by atoms with van der Waals surface area (Å²) in [7, 11) is 0. The molecule has 0 saturated carbocycles. The summed E-state index contributed by atoms with van der Waals surface area (Å²) in [5.74, 6) is -0.744. The van der Waals surface area contributed by atoms with E-state index in [4.69, 9.17) is 0 Å². The molecule has 8 heteroatoms. The number of halogens is 1. The molecule has 3 aromatic rings. The number of thiazole rings is 1. The number of carbonyl (C=O) groups is 1. The predicted molar refractivity (Wildman–Crippen MR) is 93.3 cm³/mol. The normalized spacial score (nSPS) is 10.5. The lowest BCUT2D eigenvalue weighted by atomic mass is 10.1. The molecule has 0 saturated heterocycles. The first-order valence-electron chi connectivity index (χ1n) is 7.21. The highest BCUT2D eigenvalue weighted by atomic mass is 32.1. The highest BCUT2D eigenvalue weighted by Crippen LogP contribution is 2.31. The number of benzene rings is 2. The molecule has 0 unspecified atom stereocenters. The molecule has 25 heavy (non-hydrogen) atoms. The fourth-order valence-corrected chi connectivity index (χ4v) is 3.03. The maximum Gasteiger partial charge on any atom is 0.269 e. The van der Waals surface area contributed by atoms with E-state index in [0.717, 1.165) is 0 Å². The van der Waals surface area contributed by atoms with Crippen LogP contribution in [0.2, 0.25) is 0 Å². The topological polar surface area (TPSA) is 85.1 Å². The predicted octanol–water partition coefficient (Wildman–Crippen LogP) is 4.42. The second-order valence-electron chi connectivity index (χ2n) is 5.25. The van der Waals surface area contributed by atoms with Gasteiger partial charge in [0, 0.05) is 23.3 Å². The molecule has 0 fully saturated rings. The van der Waals surface area contributed by atoms with Crippen molar-refractivity contribution in [2.75, 3.05) is 5.32 Å². The van der Waals surface area contributed by atoms with Crippen LogP contribution >= 0.6 is 11.3 Å². The van der Waals surface area contributed by atoms with Crippen LogP contribution in [0.5, 0.6) is 0 Å². The summed E-state index contributed by atoms with van der Waals surface area (Å²) in [6.45, 7) is 1.63. The summed E-state index contributed by atoms with van der Waals surface area (Å²) in [5.41, 5.74) is 3.57. The van der Waals surface area contributed by atoms with Gasteiger partial charge in [0.15, 0.2) is 0 Å². The number of non-ortho nitro benzene ring substituents is 1. The third kappa shape index (κ3) is 3.53. The minimum atomic E-state index is -0.509. The van der Waals surface area contributed by atoms with Crippen molar-refractivity contribution in [2.24, 2.45) is 0 Å².